The summed E-state index contributed by atoms with van der Waals surface area (Å²) in [5, 5.41) is 11.2. The number of amides is 2. The highest BCUT2D eigenvalue weighted by atomic mass is 16.2. The molecule has 1 aromatic carbocycles. The lowest BCUT2D eigenvalue weighted by molar-refractivity contribution is 0.249. The Morgan fingerprint density at radius 2 is 2.07 bits per heavy atom. The minimum atomic E-state index is -0.665. The molecule has 0 radical (unpaired) electrons. The zero-order chi connectivity index (χ0) is 11.5. The maximum atomic E-state index is 10.2. The van der Waals surface area contributed by atoms with Crippen molar-refractivity contribution in [2.75, 3.05) is 6.61 Å². The zero-order valence-electron chi connectivity index (χ0n) is 8.55. The number of carbonyl (C=O) groups excluding carboxylic acids is 1. The van der Waals surface area contributed by atoms with E-state index < -0.39 is 6.03 Å². The summed E-state index contributed by atoms with van der Waals surface area (Å²) in [5.41, 5.74) is 7.80. The second-order valence-corrected chi connectivity index (χ2v) is 2.46. The molecule has 1 rings (SSSR count). The van der Waals surface area contributed by atoms with E-state index in [2.05, 4.69) is 10.5 Å². The number of hydrogen-bond acceptors (Lipinski definition) is 3. The van der Waals surface area contributed by atoms with Gasteiger partial charge in [0.2, 0.25) is 0 Å². The molecule has 2 amide bonds. The molecule has 1 aromatic rings. The highest BCUT2D eigenvalue weighted by molar-refractivity contribution is 5.81. The Bertz CT molecular complexity index is 299. The lowest BCUT2D eigenvalue weighted by Gasteiger charge is -1.91. The summed E-state index contributed by atoms with van der Waals surface area (Å²) >= 11 is 0. The molecule has 0 atom stereocenters. The van der Waals surface area contributed by atoms with Crippen LogP contribution in [-0.2, 0) is 0 Å². The summed E-state index contributed by atoms with van der Waals surface area (Å²) < 4.78 is 0. The van der Waals surface area contributed by atoms with Crippen molar-refractivity contribution in [2.45, 2.75) is 6.92 Å². The average molecular weight is 209 g/mol. The first kappa shape index (κ1) is 13.1. The summed E-state index contributed by atoms with van der Waals surface area (Å²) in [7, 11) is 0. The Hall–Kier alpha value is -1.88. The summed E-state index contributed by atoms with van der Waals surface area (Å²) in [4.78, 5) is 10.2. The number of carbonyl (C=O) groups is 1. The average Bonchev–Trinajstić information content (AvgIpc) is 2.20. The van der Waals surface area contributed by atoms with Crippen molar-refractivity contribution in [3.05, 3.63) is 35.9 Å². The molecular formula is C10H15N3O2. The van der Waals surface area contributed by atoms with Crippen LogP contribution >= 0.6 is 0 Å². The molecule has 0 aromatic heterocycles. The third-order valence-electron chi connectivity index (χ3n) is 1.19. The molecule has 0 unspecified atom stereocenters. The van der Waals surface area contributed by atoms with E-state index in [0.717, 1.165) is 5.56 Å². The van der Waals surface area contributed by atoms with Crippen LogP contribution in [0.25, 0.3) is 0 Å². The quantitative estimate of drug-likeness (QED) is 0.494. The third-order valence-corrected chi connectivity index (χ3v) is 1.19. The van der Waals surface area contributed by atoms with Gasteiger partial charge in [0, 0.05) is 6.61 Å². The molecule has 0 heterocycles. The molecule has 15 heavy (non-hydrogen) atoms. The molecule has 0 aliphatic carbocycles. The van der Waals surface area contributed by atoms with Crippen LogP contribution in [0.1, 0.15) is 12.5 Å². The molecule has 0 bridgehead atoms. The molecule has 5 heteroatoms. The number of primary amides is 1. The number of rotatable bonds is 2. The number of aliphatic hydroxyl groups excluding tert-OH is 1. The van der Waals surface area contributed by atoms with Gasteiger partial charge in [0.1, 0.15) is 0 Å². The standard InChI is InChI=1S/C8H9N3O.C2H6O/c9-8(12)11-10-6-7-4-2-1-3-5-7;1-2-3/h1-6H,(H3,9,11,12);3H,2H2,1H3. The van der Waals surface area contributed by atoms with E-state index in [-0.39, 0.29) is 6.61 Å². The minimum absolute atomic E-state index is 0.250. The predicted octanol–water partition coefficient (Wildman–Crippen LogP) is 0.687. The lowest BCUT2D eigenvalue weighted by atomic mass is 10.2. The van der Waals surface area contributed by atoms with Gasteiger partial charge in [0.05, 0.1) is 6.21 Å². The lowest BCUT2D eigenvalue weighted by Crippen LogP contribution is -2.24. The first-order valence-electron chi connectivity index (χ1n) is 4.45. The summed E-state index contributed by atoms with van der Waals surface area (Å²) in [6.45, 7) is 1.93. The van der Waals surface area contributed by atoms with Crippen LogP contribution in [0.4, 0.5) is 4.79 Å². The van der Waals surface area contributed by atoms with E-state index in [4.69, 9.17) is 10.8 Å². The van der Waals surface area contributed by atoms with Crippen molar-refractivity contribution in [1.29, 1.82) is 0 Å². The summed E-state index contributed by atoms with van der Waals surface area (Å²) in [5.74, 6) is 0. The summed E-state index contributed by atoms with van der Waals surface area (Å²) in [6.07, 6.45) is 1.52. The fourth-order valence-corrected chi connectivity index (χ4v) is 0.710. The normalized spacial score (nSPS) is 9.20. The first-order chi connectivity index (χ1) is 7.20. The van der Waals surface area contributed by atoms with Crippen molar-refractivity contribution in [3.8, 4) is 0 Å². The van der Waals surface area contributed by atoms with Crippen molar-refractivity contribution < 1.29 is 9.90 Å². The number of nitrogens with one attached hydrogen (secondary N) is 1. The Morgan fingerprint density at radius 3 is 2.53 bits per heavy atom. The van der Waals surface area contributed by atoms with Gasteiger partial charge in [-0.25, -0.2) is 10.2 Å². The highest BCUT2D eigenvalue weighted by Crippen LogP contribution is 1.92. The van der Waals surface area contributed by atoms with E-state index >= 15 is 0 Å². The van der Waals surface area contributed by atoms with Crippen molar-refractivity contribution in [2.24, 2.45) is 10.8 Å². The molecule has 0 fully saturated rings. The molecule has 0 saturated carbocycles. The Labute approximate surface area is 88.6 Å². The number of aliphatic hydroxyl groups is 1. The van der Waals surface area contributed by atoms with Crippen molar-refractivity contribution >= 4 is 12.2 Å². The molecule has 0 saturated heterocycles. The Kier molecular flexibility index (Phi) is 7.62. The van der Waals surface area contributed by atoms with Crippen LogP contribution in [0.2, 0.25) is 0 Å². The van der Waals surface area contributed by atoms with Gasteiger partial charge < -0.3 is 10.8 Å². The maximum Gasteiger partial charge on any atom is 0.332 e. The Balaban J connectivity index is 0.000000583. The van der Waals surface area contributed by atoms with Gasteiger partial charge in [-0.1, -0.05) is 30.3 Å². The monoisotopic (exact) mass is 209 g/mol. The van der Waals surface area contributed by atoms with E-state index in [0.29, 0.717) is 0 Å². The summed E-state index contributed by atoms with van der Waals surface area (Å²) in [6, 6.07) is 8.73. The van der Waals surface area contributed by atoms with Crippen molar-refractivity contribution in [3.63, 3.8) is 0 Å². The van der Waals surface area contributed by atoms with Crippen LogP contribution in [-0.4, -0.2) is 24.0 Å². The van der Waals surface area contributed by atoms with Gasteiger partial charge in [-0.2, -0.15) is 5.10 Å². The molecule has 5 nitrogen and oxygen atoms in total. The number of hydrazone groups is 1. The molecule has 0 aliphatic heterocycles. The van der Waals surface area contributed by atoms with Gasteiger partial charge in [0.25, 0.3) is 0 Å². The topological polar surface area (TPSA) is 87.7 Å². The van der Waals surface area contributed by atoms with Crippen LogP contribution in [0.15, 0.2) is 35.4 Å². The van der Waals surface area contributed by atoms with Gasteiger partial charge in [-0.3, -0.25) is 0 Å². The zero-order valence-corrected chi connectivity index (χ0v) is 8.55. The fraction of sp³-hybridized carbons (Fsp3) is 0.200. The highest BCUT2D eigenvalue weighted by Gasteiger charge is 1.85. The number of hydrogen-bond donors (Lipinski definition) is 3. The molecule has 82 valence electrons. The van der Waals surface area contributed by atoms with E-state index in [1.807, 2.05) is 30.3 Å². The Morgan fingerprint density at radius 1 is 1.53 bits per heavy atom. The van der Waals surface area contributed by atoms with Crippen LogP contribution in [0.5, 0.6) is 0 Å². The van der Waals surface area contributed by atoms with Gasteiger partial charge in [-0.05, 0) is 12.5 Å². The fourth-order valence-electron chi connectivity index (χ4n) is 0.710. The van der Waals surface area contributed by atoms with Crippen LogP contribution < -0.4 is 11.2 Å². The number of nitrogens with two attached hydrogens (primary N) is 1. The molecule has 0 aliphatic rings. The SMILES string of the molecule is CCO.NC(=O)NN=Cc1ccccc1. The maximum absolute atomic E-state index is 10.2. The van der Waals surface area contributed by atoms with E-state index in [9.17, 15) is 4.79 Å². The first-order valence-corrected chi connectivity index (χ1v) is 4.45. The van der Waals surface area contributed by atoms with Gasteiger partial charge in [-0.15, -0.1) is 0 Å². The minimum Gasteiger partial charge on any atom is -0.397 e. The van der Waals surface area contributed by atoms with Gasteiger partial charge in [0.15, 0.2) is 0 Å². The number of nitrogens with zero attached hydrogens (tertiary/aromatic N) is 1. The predicted molar refractivity (Wildman–Crippen MR) is 59.5 cm³/mol. The second kappa shape index (κ2) is 8.71. The third kappa shape index (κ3) is 8.45. The number of benzene rings is 1. The van der Waals surface area contributed by atoms with E-state index in [1.54, 1.807) is 6.92 Å². The van der Waals surface area contributed by atoms with Crippen LogP contribution in [0.3, 0.4) is 0 Å². The second-order valence-electron chi connectivity index (χ2n) is 2.46. The largest absolute Gasteiger partial charge is 0.397 e. The van der Waals surface area contributed by atoms with Crippen molar-refractivity contribution in [1.82, 2.24) is 5.43 Å². The van der Waals surface area contributed by atoms with Gasteiger partial charge >= 0.3 is 6.03 Å². The van der Waals surface area contributed by atoms with Crippen LogP contribution in [0, 0.1) is 0 Å². The van der Waals surface area contributed by atoms with E-state index in [1.165, 1.54) is 6.21 Å². The molecule has 0 spiro atoms. The smallest absolute Gasteiger partial charge is 0.332 e. The molecular weight excluding hydrogens is 194 g/mol. The molecule has 4 N–H and O–H groups in total. The number of urea groups is 1.